The van der Waals surface area contributed by atoms with Crippen LogP contribution in [-0.2, 0) is 0 Å². The summed E-state index contributed by atoms with van der Waals surface area (Å²) >= 11 is 0. The Morgan fingerprint density at radius 1 is 1.64 bits per heavy atom. The van der Waals surface area contributed by atoms with E-state index in [0.29, 0.717) is 18.0 Å². The summed E-state index contributed by atoms with van der Waals surface area (Å²) in [6.45, 7) is 5.04. The van der Waals surface area contributed by atoms with Crippen LogP contribution >= 0.6 is 0 Å². The molecule has 1 N–H and O–H groups in total. The number of nitrogens with zero attached hydrogens (tertiary/aromatic N) is 1. The van der Waals surface area contributed by atoms with Crippen LogP contribution in [0.4, 0.5) is 0 Å². The van der Waals surface area contributed by atoms with Crippen LogP contribution in [0.25, 0.3) is 0 Å². The molecule has 0 heterocycles. The zero-order chi connectivity index (χ0) is 8.32. The van der Waals surface area contributed by atoms with Crippen LogP contribution in [-0.4, -0.2) is 12.6 Å². The molecule has 1 aliphatic carbocycles. The van der Waals surface area contributed by atoms with E-state index < -0.39 is 0 Å². The minimum atomic E-state index is 0.400. The number of hydrogen-bond acceptors (Lipinski definition) is 2. The van der Waals surface area contributed by atoms with Crippen LogP contribution in [0.15, 0.2) is 0 Å². The summed E-state index contributed by atoms with van der Waals surface area (Å²) < 4.78 is 0. The zero-order valence-electron chi connectivity index (χ0n) is 7.35. The normalized spacial score (nSPS) is 28.3. The van der Waals surface area contributed by atoms with Crippen LogP contribution in [0.2, 0.25) is 0 Å². The van der Waals surface area contributed by atoms with Gasteiger partial charge in [-0.2, -0.15) is 5.26 Å². The highest BCUT2D eigenvalue weighted by atomic mass is 14.9. The van der Waals surface area contributed by atoms with E-state index in [9.17, 15) is 0 Å². The van der Waals surface area contributed by atoms with Gasteiger partial charge in [0.1, 0.15) is 0 Å². The van der Waals surface area contributed by atoms with Gasteiger partial charge in [-0.05, 0) is 18.3 Å². The second-order valence-electron chi connectivity index (χ2n) is 3.97. The summed E-state index contributed by atoms with van der Waals surface area (Å²) in [5, 5.41) is 11.6. The Kier molecular flexibility index (Phi) is 2.51. The fraction of sp³-hybridized carbons (Fsp3) is 0.889. The largest absolute Gasteiger partial charge is 0.301 e. The van der Waals surface area contributed by atoms with E-state index in [1.54, 1.807) is 0 Å². The maximum atomic E-state index is 8.38. The highest BCUT2D eigenvalue weighted by Crippen LogP contribution is 2.36. The van der Waals surface area contributed by atoms with Crippen LogP contribution in [0.5, 0.6) is 0 Å². The van der Waals surface area contributed by atoms with Crippen molar-refractivity contribution in [3.05, 3.63) is 0 Å². The van der Waals surface area contributed by atoms with Crippen molar-refractivity contribution in [2.24, 2.45) is 5.41 Å². The molecular weight excluding hydrogens is 136 g/mol. The quantitative estimate of drug-likeness (QED) is 0.611. The minimum absolute atomic E-state index is 0.400. The number of nitrogens with one attached hydrogen (secondary N) is 1. The van der Waals surface area contributed by atoms with Crippen LogP contribution < -0.4 is 5.32 Å². The summed E-state index contributed by atoms with van der Waals surface area (Å²) in [5.41, 5.74) is 0.400. The average molecular weight is 152 g/mol. The van der Waals surface area contributed by atoms with Gasteiger partial charge in [0.25, 0.3) is 0 Å². The van der Waals surface area contributed by atoms with Gasteiger partial charge in [0.05, 0.1) is 12.6 Å². The predicted octanol–water partition coefficient (Wildman–Crippen LogP) is 1.68. The first-order valence-corrected chi connectivity index (χ1v) is 4.27. The molecule has 1 rings (SSSR count). The second kappa shape index (κ2) is 3.23. The van der Waals surface area contributed by atoms with Gasteiger partial charge in [0, 0.05) is 6.04 Å². The number of nitriles is 1. The molecule has 62 valence electrons. The van der Waals surface area contributed by atoms with Crippen molar-refractivity contribution in [3.63, 3.8) is 0 Å². The fourth-order valence-electron chi connectivity index (χ4n) is 1.87. The van der Waals surface area contributed by atoms with Crippen molar-refractivity contribution < 1.29 is 0 Å². The van der Waals surface area contributed by atoms with E-state index in [2.05, 4.69) is 25.2 Å². The third-order valence-electron chi connectivity index (χ3n) is 2.68. The molecule has 0 radical (unpaired) electrons. The predicted molar refractivity (Wildman–Crippen MR) is 45.0 cm³/mol. The highest BCUT2D eigenvalue weighted by molar-refractivity contribution is 4.92. The smallest absolute Gasteiger partial charge is 0.0843 e. The Balaban J connectivity index is 2.40. The maximum absolute atomic E-state index is 8.38. The third kappa shape index (κ3) is 1.94. The lowest BCUT2D eigenvalue weighted by molar-refractivity contribution is 0.292. The molecule has 0 amide bonds. The fourth-order valence-corrected chi connectivity index (χ4v) is 1.87. The van der Waals surface area contributed by atoms with Crippen molar-refractivity contribution in [3.8, 4) is 6.07 Å². The van der Waals surface area contributed by atoms with Crippen molar-refractivity contribution in [1.82, 2.24) is 5.32 Å². The third-order valence-corrected chi connectivity index (χ3v) is 2.68. The lowest BCUT2D eigenvalue weighted by Crippen LogP contribution is -2.37. The molecular formula is C9H16N2. The van der Waals surface area contributed by atoms with Crippen LogP contribution in [0.3, 0.4) is 0 Å². The molecule has 11 heavy (non-hydrogen) atoms. The second-order valence-corrected chi connectivity index (χ2v) is 3.97. The van der Waals surface area contributed by atoms with Crippen molar-refractivity contribution in [2.45, 2.75) is 39.2 Å². The monoisotopic (exact) mass is 152 g/mol. The Bertz CT molecular complexity index is 167. The molecule has 1 unspecified atom stereocenters. The van der Waals surface area contributed by atoms with E-state index in [1.165, 1.54) is 19.3 Å². The number of hydrogen-bond donors (Lipinski definition) is 1. The van der Waals surface area contributed by atoms with Crippen LogP contribution in [0, 0.1) is 16.7 Å². The molecule has 1 atom stereocenters. The molecule has 0 aromatic heterocycles. The summed E-state index contributed by atoms with van der Waals surface area (Å²) in [4.78, 5) is 0. The first-order chi connectivity index (χ1) is 5.17. The van der Waals surface area contributed by atoms with E-state index in [-0.39, 0.29) is 0 Å². The van der Waals surface area contributed by atoms with Gasteiger partial charge >= 0.3 is 0 Å². The first-order valence-electron chi connectivity index (χ1n) is 4.27. The van der Waals surface area contributed by atoms with Crippen molar-refractivity contribution in [1.29, 1.82) is 5.26 Å². The SMILES string of the molecule is CC1(C)CCCC1NCC#N. The van der Waals surface area contributed by atoms with E-state index in [1.807, 2.05) is 0 Å². The molecule has 0 saturated heterocycles. The van der Waals surface area contributed by atoms with Crippen molar-refractivity contribution >= 4 is 0 Å². The highest BCUT2D eigenvalue weighted by Gasteiger charge is 2.33. The standard InChI is InChI=1S/C9H16N2/c1-9(2)5-3-4-8(9)11-7-6-10/h8,11H,3-5,7H2,1-2H3. The summed E-state index contributed by atoms with van der Waals surface area (Å²) in [5.74, 6) is 0. The Morgan fingerprint density at radius 2 is 2.36 bits per heavy atom. The molecule has 0 aromatic carbocycles. The Hall–Kier alpha value is -0.550. The Labute approximate surface area is 68.6 Å². The van der Waals surface area contributed by atoms with Gasteiger partial charge < -0.3 is 5.32 Å². The Morgan fingerprint density at radius 3 is 2.82 bits per heavy atom. The average Bonchev–Trinajstić information content (AvgIpc) is 2.25. The molecule has 0 aliphatic heterocycles. The lowest BCUT2D eigenvalue weighted by atomic mass is 9.87. The molecule has 0 spiro atoms. The van der Waals surface area contributed by atoms with E-state index >= 15 is 0 Å². The first kappa shape index (κ1) is 8.55. The van der Waals surface area contributed by atoms with Gasteiger partial charge in [-0.3, -0.25) is 0 Å². The van der Waals surface area contributed by atoms with Gasteiger partial charge in [0.15, 0.2) is 0 Å². The molecule has 2 nitrogen and oxygen atoms in total. The summed E-state index contributed by atoms with van der Waals surface area (Å²) in [6.07, 6.45) is 3.82. The minimum Gasteiger partial charge on any atom is -0.301 e. The van der Waals surface area contributed by atoms with Gasteiger partial charge in [-0.15, -0.1) is 0 Å². The molecule has 2 heteroatoms. The molecule has 1 fully saturated rings. The maximum Gasteiger partial charge on any atom is 0.0843 e. The zero-order valence-corrected chi connectivity index (χ0v) is 7.35. The topological polar surface area (TPSA) is 35.8 Å². The van der Waals surface area contributed by atoms with Crippen molar-refractivity contribution in [2.75, 3.05) is 6.54 Å². The summed E-state index contributed by atoms with van der Waals surface area (Å²) in [6, 6.07) is 2.68. The molecule has 0 bridgehead atoms. The van der Waals surface area contributed by atoms with Gasteiger partial charge in [0.2, 0.25) is 0 Å². The van der Waals surface area contributed by atoms with Crippen LogP contribution in [0.1, 0.15) is 33.1 Å². The summed E-state index contributed by atoms with van der Waals surface area (Å²) in [7, 11) is 0. The number of rotatable bonds is 2. The molecule has 1 saturated carbocycles. The van der Waals surface area contributed by atoms with Gasteiger partial charge in [-0.25, -0.2) is 0 Å². The molecule has 1 aliphatic rings. The van der Waals surface area contributed by atoms with E-state index in [0.717, 1.165) is 0 Å². The van der Waals surface area contributed by atoms with E-state index in [4.69, 9.17) is 5.26 Å². The lowest BCUT2D eigenvalue weighted by Gasteiger charge is -2.26. The molecule has 0 aromatic rings. The van der Waals surface area contributed by atoms with Gasteiger partial charge in [-0.1, -0.05) is 20.3 Å².